The molecular formula is C22H28N4O2. The fourth-order valence-electron chi connectivity index (χ4n) is 3.39. The lowest BCUT2D eigenvalue weighted by Gasteiger charge is -2.31. The van der Waals surface area contributed by atoms with E-state index in [2.05, 4.69) is 34.3 Å². The van der Waals surface area contributed by atoms with Gasteiger partial charge in [0.1, 0.15) is 0 Å². The average molecular weight is 380 g/mol. The van der Waals surface area contributed by atoms with Gasteiger partial charge in [-0.1, -0.05) is 44.2 Å². The first-order valence-corrected chi connectivity index (χ1v) is 10.0. The summed E-state index contributed by atoms with van der Waals surface area (Å²) in [5.74, 6) is 1.39. The summed E-state index contributed by atoms with van der Waals surface area (Å²) in [7, 11) is 0. The Morgan fingerprint density at radius 1 is 1.07 bits per heavy atom. The molecule has 2 aromatic rings. The number of amides is 1. The number of hydrogen-bond donors (Lipinski definition) is 1. The SMILES string of the molecule is CC(C)CCNC(=O)c1ccc(N2CCC(C(=O)c3ccccc3)CC2)nn1. The van der Waals surface area contributed by atoms with Crippen LogP contribution in [-0.4, -0.2) is 41.5 Å². The summed E-state index contributed by atoms with van der Waals surface area (Å²) >= 11 is 0. The van der Waals surface area contributed by atoms with Crippen LogP contribution in [0.15, 0.2) is 42.5 Å². The number of piperidine rings is 1. The Kier molecular flexibility index (Phi) is 6.74. The highest BCUT2D eigenvalue weighted by molar-refractivity contribution is 5.98. The van der Waals surface area contributed by atoms with Gasteiger partial charge < -0.3 is 10.2 Å². The zero-order valence-electron chi connectivity index (χ0n) is 16.6. The molecule has 1 saturated heterocycles. The zero-order valence-corrected chi connectivity index (χ0v) is 16.6. The summed E-state index contributed by atoms with van der Waals surface area (Å²) in [5, 5.41) is 11.2. The van der Waals surface area contributed by atoms with Crippen molar-refractivity contribution in [3.05, 3.63) is 53.7 Å². The first-order valence-electron chi connectivity index (χ1n) is 10.0. The molecule has 0 saturated carbocycles. The predicted octanol–water partition coefficient (Wildman–Crippen LogP) is 3.35. The predicted molar refractivity (Wildman–Crippen MR) is 110 cm³/mol. The molecule has 1 aliphatic heterocycles. The number of Topliss-reactive ketones (excluding diaryl/α,β-unsaturated/α-hetero) is 1. The lowest BCUT2D eigenvalue weighted by atomic mass is 9.89. The fourth-order valence-corrected chi connectivity index (χ4v) is 3.39. The van der Waals surface area contributed by atoms with Crippen LogP contribution in [0.5, 0.6) is 0 Å². The highest BCUT2D eigenvalue weighted by Crippen LogP contribution is 2.24. The third-order valence-electron chi connectivity index (χ3n) is 5.14. The molecule has 1 N–H and O–H groups in total. The van der Waals surface area contributed by atoms with Crippen molar-refractivity contribution in [3.8, 4) is 0 Å². The van der Waals surface area contributed by atoms with Crippen LogP contribution in [-0.2, 0) is 0 Å². The molecule has 148 valence electrons. The van der Waals surface area contributed by atoms with Gasteiger partial charge in [0.15, 0.2) is 17.3 Å². The first kappa shape index (κ1) is 20.0. The largest absolute Gasteiger partial charge is 0.355 e. The summed E-state index contributed by atoms with van der Waals surface area (Å²) in [6.07, 6.45) is 2.54. The van der Waals surface area contributed by atoms with Crippen LogP contribution in [0, 0.1) is 11.8 Å². The molecule has 0 radical (unpaired) electrons. The van der Waals surface area contributed by atoms with Crippen molar-refractivity contribution in [2.24, 2.45) is 11.8 Å². The summed E-state index contributed by atoms with van der Waals surface area (Å²) in [6, 6.07) is 13.0. The van der Waals surface area contributed by atoms with Gasteiger partial charge in [0.2, 0.25) is 0 Å². The lowest BCUT2D eigenvalue weighted by Crippen LogP contribution is -2.37. The molecule has 1 aliphatic rings. The molecule has 1 aromatic carbocycles. The molecule has 6 heteroatoms. The molecule has 2 heterocycles. The van der Waals surface area contributed by atoms with Crippen molar-refractivity contribution in [1.29, 1.82) is 0 Å². The molecule has 1 amide bonds. The van der Waals surface area contributed by atoms with Crippen molar-refractivity contribution in [2.45, 2.75) is 33.1 Å². The number of nitrogens with one attached hydrogen (secondary N) is 1. The second-order valence-corrected chi connectivity index (χ2v) is 7.71. The monoisotopic (exact) mass is 380 g/mol. The molecular weight excluding hydrogens is 352 g/mol. The maximum atomic E-state index is 12.6. The minimum absolute atomic E-state index is 0.0533. The fraction of sp³-hybridized carbons (Fsp3) is 0.455. The van der Waals surface area contributed by atoms with Gasteiger partial charge in [-0.2, -0.15) is 0 Å². The number of carbonyl (C=O) groups is 2. The van der Waals surface area contributed by atoms with E-state index < -0.39 is 0 Å². The number of anilines is 1. The molecule has 0 bridgehead atoms. The maximum absolute atomic E-state index is 12.6. The van der Waals surface area contributed by atoms with Crippen LogP contribution in [0.3, 0.4) is 0 Å². The zero-order chi connectivity index (χ0) is 19.9. The molecule has 3 rings (SSSR count). The third-order valence-corrected chi connectivity index (χ3v) is 5.14. The Hall–Kier alpha value is -2.76. The van der Waals surface area contributed by atoms with Crippen molar-refractivity contribution in [2.75, 3.05) is 24.5 Å². The van der Waals surface area contributed by atoms with Crippen LogP contribution in [0.2, 0.25) is 0 Å². The Morgan fingerprint density at radius 3 is 2.39 bits per heavy atom. The van der Waals surface area contributed by atoms with E-state index in [1.165, 1.54) is 0 Å². The summed E-state index contributed by atoms with van der Waals surface area (Å²) in [4.78, 5) is 26.8. The lowest BCUT2D eigenvalue weighted by molar-refractivity contribution is 0.0898. The van der Waals surface area contributed by atoms with Gasteiger partial charge in [-0.3, -0.25) is 9.59 Å². The molecule has 0 aliphatic carbocycles. The van der Waals surface area contributed by atoms with Gasteiger partial charge in [0, 0.05) is 31.1 Å². The molecule has 0 unspecified atom stereocenters. The van der Waals surface area contributed by atoms with E-state index >= 15 is 0 Å². The number of ketones is 1. The van der Waals surface area contributed by atoms with Gasteiger partial charge in [0.05, 0.1) is 0 Å². The smallest absolute Gasteiger partial charge is 0.271 e. The number of rotatable bonds is 7. The van der Waals surface area contributed by atoms with E-state index in [1.807, 2.05) is 36.4 Å². The third kappa shape index (κ3) is 5.15. The Balaban J connectivity index is 1.52. The van der Waals surface area contributed by atoms with Crippen molar-refractivity contribution in [1.82, 2.24) is 15.5 Å². The van der Waals surface area contributed by atoms with Crippen LogP contribution >= 0.6 is 0 Å². The van der Waals surface area contributed by atoms with E-state index in [0.717, 1.165) is 43.7 Å². The van der Waals surface area contributed by atoms with E-state index in [1.54, 1.807) is 6.07 Å². The Morgan fingerprint density at radius 2 is 1.79 bits per heavy atom. The first-order chi connectivity index (χ1) is 13.5. The van der Waals surface area contributed by atoms with Crippen molar-refractivity contribution in [3.63, 3.8) is 0 Å². The summed E-state index contributed by atoms with van der Waals surface area (Å²) in [5.41, 5.74) is 1.12. The number of benzene rings is 1. The van der Waals surface area contributed by atoms with Gasteiger partial charge in [-0.15, -0.1) is 10.2 Å². The Labute approximate surface area is 166 Å². The van der Waals surface area contributed by atoms with Crippen LogP contribution in [0.1, 0.15) is 54.0 Å². The van der Waals surface area contributed by atoms with Crippen molar-refractivity contribution < 1.29 is 9.59 Å². The van der Waals surface area contributed by atoms with Gasteiger partial charge >= 0.3 is 0 Å². The molecule has 0 spiro atoms. The van der Waals surface area contributed by atoms with Gasteiger partial charge in [-0.25, -0.2) is 0 Å². The van der Waals surface area contributed by atoms with Gasteiger partial charge in [0.25, 0.3) is 5.91 Å². The molecule has 1 fully saturated rings. The maximum Gasteiger partial charge on any atom is 0.271 e. The second-order valence-electron chi connectivity index (χ2n) is 7.71. The van der Waals surface area contributed by atoms with Crippen LogP contribution < -0.4 is 10.2 Å². The van der Waals surface area contributed by atoms with E-state index in [9.17, 15) is 9.59 Å². The minimum atomic E-state index is -0.188. The molecule has 6 nitrogen and oxygen atoms in total. The molecule has 0 atom stereocenters. The summed E-state index contributed by atoms with van der Waals surface area (Å²) in [6.45, 7) is 6.41. The minimum Gasteiger partial charge on any atom is -0.355 e. The highest BCUT2D eigenvalue weighted by atomic mass is 16.2. The van der Waals surface area contributed by atoms with Crippen LogP contribution in [0.25, 0.3) is 0 Å². The van der Waals surface area contributed by atoms with E-state index in [-0.39, 0.29) is 17.6 Å². The van der Waals surface area contributed by atoms with Crippen molar-refractivity contribution >= 4 is 17.5 Å². The number of nitrogens with zero attached hydrogens (tertiary/aromatic N) is 3. The van der Waals surface area contributed by atoms with E-state index in [4.69, 9.17) is 0 Å². The number of hydrogen-bond acceptors (Lipinski definition) is 5. The normalized spacial score (nSPS) is 14.9. The summed E-state index contributed by atoms with van der Waals surface area (Å²) < 4.78 is 0. The molecule has 1 aromatic heterocycles. The molecule has 28 heavy (non-hydrogen) atoms. The van der Waals surface area contributed by atoms with E-state index in [0.29, 0.717) is 18.2 Å². The standard InChI is InChI=1S/C22H28N4O2/c1-16(2)10-13-23-22(28)19-8-9-20(25-24-19)26-14-11-18(12-15-26)21(27)17-6-4-3-5-7-17/h3-9,16,18H,10-15H2,1-2H3,(H,23,28). The second kappa shape index (κ2) is 9.44. The Bertz CT molecular complexity index is 782. The quantitative estimate of drug-likeness (QED) is 0.746. The topological polar surface area (TPSA) is 75.2 Å². The average Bonchev–Trinajstić information content (AvgIpc) is 2.74. The number of aromatic nitrogens is 2. The van der Waals surface area contributed by atoms with Crippen LogP contribution in [0.4, 0.5) is 5.82 Å². The highest BCUT2D eigenvalue weighted by Gasteiger charge is 2.26. The van der Waals surface area contributed by atoms with Gasteiger partial charge in [-0.05, 0) is 37.3 Å². The number of carbonyl (C=O) groups excluding carboxylic acids is 2.